The fraction of sp³-hybridized carbons (Fsp3) is 0.333. The SMILES string of the molecule is CN=CC=C(N)[C@H](Cc1ccc2cnc(NC3CCOCC3)cc2c1)c1ccc(OC)c(F)c1. The minimum atomic E-state index is -0.407. The Labute approximate surface area is 199 Å². The van der Waals surface area contributed by atoms with Crippen molar-refractivity contribution in [3.8, 4) is 5.75 Å². The van der Waals surface area contributed by atoms with E-state index in [1.165, 1.54) is 13.2 Å². The zero-order valence-corrected chi connectivity index (χ0v) is 19.6. The van der Waals surface area contributed by atoms with Crippen LogP contribution in [-0.4, -0.2) is 44.6 Å². The van der Waals surface area contributed by atoms with Crippen LogP contribution in [-0.2, 0) is 11.2 Å². The van der Waals surface area contributed by atoms with Gasteiger partial charge in [0.1, 0.15) is 5.82 Å². The summed E-state index contributed by atoms with van der Waals surface area (Å²) in [5.41, 5.74) is 8.93. The molecule has 0 bridgehead atoms. The van der Waals surface area contributed by atoms with Gasteiger partial charge in [0.05, 0.1) is 7.11 Å². The highest BCUT2D eigenvalue weighted by Crippen LogP contribution is 2.30. The van der Waals surface area contributed by atoms with Gasteiger partial charge in [0, 0.05) is 55.7 Å². The molecule has 1 aliphatic heterocycles. The van der Waals surface area contributed by atoms with E-state index in [9.17, 15) is 4.39 Å². The van der Waals surface area contributed by atoms with Gasteiger partial charge >= 0.3 is 0 Å². The molecule has 34 heavy (non-hydrogen) atoms. The number of hydrogen-bond acceptors (Lipinski definition) is 6. The Morgan fingerprint density at radius 2 is 2.06 bits per heavy atom. The average Bonchev–Trinajstić information content (AvgIpc) is 2.86. The topological polar surface area (TPSA) is 81.8 Å². The van der Waals surface area contributed by atoms with E-state index in [0.29, 0.717) is 18.2 Å². The van der Waals surface area contributed by atoms with Crippen LogP contribution in [0, 0.1) is 5.82 Å². The average molecular weight is 463 g/mol. The zero-order valence-electron chi connectivity index (χ0n) is 19.6. The number of halogens is 1. The molecule has 4 rings (SSSR count). The van der Waals surface area contributed by atoms with E-state index in [-0.39, 0.29) is 11.7 Å². The van der Waals surface area contributed by atoms with Crippen LogP contribution in [0.25, 0.3) is 10.8 Å². The number of aliphatic imine (C=N–C) groups is 1. The van der Waals surface area contributed by atoms with Crippen molar-refractivity contribution in [3.63, 3.8) is 0 Å². The lowest BCUT2D eigenvalue weighted by Crippen LogP contribution is -2.28. The second kappa shape index (κ2) is 11.1. The Morgan fingerprint density at radius 3 is 2.79 bits per heavy atom. The van der Waals surface area contributed by atoms with Crippen molar-refractivity contribution in [2.24, 2.45) is 10.7 Å². The standard InChI is InChI=1S/C27H31FN4O2/c1-30-10-7-25(29)23(19-5-6-26(33-2)24(28)15-19)14-18-3-4-20-17-31-27(16-21(20)13-18)32-22-8-11-34-12-9-22/h3-7,10,13,15-17,22-23H,8-9,11-12,14,29H2,1-2H3,(H,31,32)/t23-/m1/s1. The summed E-state index contributed by atoms with van der Waals surface area (Å²) in [5.74, 6) is 0.458. The number of fused-ring (bicyclic) bond motifs is 1. The van der Waals surface area contributed by atoms with Gasteiger partial charge in [0.2, 0.25) is 0 Å². The number of nitrogens with zero attached hydrogens (tertiary/aromatic N) is 2. The lowest BCUT2D eigenvalue weighted by molar-refractivity contribution is 0.0904. The fourth-order valence-electron chi connectivity index (χ4n) is 4.29. The van der Waals surface area contributed by atoms with E-state index >= 15 is 0 Å². The van der Waals surface area contributed by atoms with Crippen LogP contribution in [0.1, 0.15) is 29.9 Å². The molecular weight excluding hydrogens is 431 g/mol. The molecule has 6 nitrogen and oxygen atoms in total. The maximum absolute atomic E-state index is 14.5. The predicted molar refractivity (Wildman–Crippen MR) is 135 cm³/mol. The van der Waals surface area contributed by atoms with Gasteiger partial charge in [0.15, 0.2) is 11.6 Å². The number of rotatable bonds is 8. The maximum Gasteiger partial charge on any atom is 0.165 e. The Bertz CT molecular complexity index is 1190. The van der Waals surface area contributed by atoms with Gasteiger partial charge in [-0.25, -0.2) is 9.37 Å². The maximum atomic E-state index is 14.5. The van der Waals surface area contributed by atoms with Crippen molar-refractivity contribution in [3.05, 3.63) is 77.4 Å². The molecule has 3 N–H and O–H groups in total. The van der Waals surface area contributed by atoms with Crippen molar-refractivity contribution < 1.29 is 13.9 Å². The Hall–Kier alpha value is -3.45. The first kappa shape index (κ1) is 23.7. The van der Waals surface area contributed by atoms with Crippen LogP contribution in [0.5, 0.6) is 5.75 Å². The fourth-order valence-corrected chi connectivity index (χ4v) is 4.29. The molecule has 3 aromatic rings. The number of allylic oxidation sites excluding steroid dienone is 2. The molecule has 0 saturated carbocycles. The smallest absolute Gasteiger partial charge is 0.165 e. The van der Waals surface area contributed by atoms with Gasteiger partial charge in [-0.3, -0.25) is 4.99 Å². The van der Waals surface area contributed by atoms with Gasteiger partial charge in [-0.1, -0.05) is 24.3 Å². The highest BCUT2D eigenvalue weighted by Gasteiger charge is 2.18. The number of methoxy groups -OCH3 is 1. The molecule has 1 atom stereocenters. The van der Waals surface area contributed by atoms with E-state index in [1.807, 2.05) is 12.3 Å². The molecule has 1 aliphatic rings. The van der Waals surface area contributed by atoms with Crippen LogP contribution in [0.4, 0.5) is 10.2 Å². The Morgan fingerprint density at radius 1 is 1.24 bits per heavy atom. The van der Waals surface area contributed by atoms with Crippen LogP contribution in [0.15, 0.2) is 65.4 Å². The van der Waals surface area contributed by atoms with Gasteiger partial charge in [-0.2, -0.15) is 0 Å². The number of pyridine rings is 1. The van der Waals surface area contributed by atoms with Gasteiger partial charge in [0.25, 0.3) is 0 Å². The van der Waals surface area contributed by atoms with Crippen molar-refractivity contribution in [2.45, 2.75) is 31.2 Å². The second-order valence-corrected chi connectivity index (χ2v) is 8.51. The quantitative estimate of drug-likeness (QED) is 0.468. The molecule has 7 heteroatoms. The summed E-state index contributed by atoms with van der Waals surface area (Å²) >= 11 is 0. The van der Waals surface area contributed by atoms with E-state index in [4.69, 9.17) is 15.2 Å². The molecule has 0 radical (unpaired) electrons. The zero-order chi connectivity index (χ0) is 23.9. The lowest BCUT2D eigenvalue weighted by Gasteiger charge is -2.23. The minimum Gasteiger partial charge on any atom is -0.494 e. The summed E-state index contributed by atoms with van der Waals surface area (Å²) in [5, 5.41) is 5.69. The predicted octanol–water partition coefficient (Wildman–Crippen LogP) is 4.84. The number of anilines is 1. The van der Waals surface area contributed by atoms with Gasteiger partial charge < -0.3 is 20.5 Å². The number of ether oxygens (including phenoxy) is 2. The Balaban J connectivity index is 1.62. The van der Waals surface area contributed by atoms with Crippen molar-refractivity contribution in [1.82, 2.24) is 4.98 Å². The number of benzene rings is 2. The molecule has 0 unspecified atom stereocenters. The Kier molecular flexibility index (Phi) is 7.75. The number of nitrogens with two attached hydrogens (primary N) is 1. The van der Waals surface area contributed by atoms with Crippen molar-refractivity contribution in [2.75, 3.05) is 32.7 Å². The normalized spacial score (nSPS) is 16.1. The molecule has 0 spiro atoms. The minimum absolute atomic E-state index is 0.211. The van der Waals surface area contributed by atoms with Crippen LogP contribution in [0.3, 0.4) is 0 Å². The number of hydrogen-bond donors (Lipinski definition) is 2. The molecule has 178 valence electrons. The van der Waals surface area contributed by atoms with Gasteiger partial charge in [-0.15, -0.1) is 0 Å². The molecule has 0 aliphatic carbocycles. The summed E-state index contributed by atoms with van der Waals surface area (Å²) < 4.78 is 25.0. The van der Waals surface area contributed by atoms with Crippen LogP contribution >= 0.6 is 0 Å². The molecule has 2 heterocycles. The summed E-state index contributed by atoms with van der Waals surface area (Å²) in [4.78, 5) is 8.58. The van der Waals surface area contributed by atoms with Crippen molar-refractivity contribution >= 4 is 22.8 Å². The number of aromatic nitrogens is 1. The molecule has 1 saturated heterocycles. The lowest BCUT2D eigenvalue weighted by atomic mass is 9.88. The van der Waals surface area contributed by atoms with Crippen molar-refractivity contribution in [1.29, 1.82) is 0 Å². The summed E-state index contributed by atoms with van der Waals surface area (Å²) in [6.07, 6.45) is 7.89. The third-order valence-electron chi connectivity index (χ3n) is 6.20. The third kappa shape index (κ3) is 5.72. The van der Waals surface area contributed by atoms with E-state index < -0.39 is 5.82 Å². The first-order chi connectivity index (χ1) is 16.6. The monoisotopic (exact) mass is 462 g/mol. The van der Waals surface area contributed by atoms with Crippen LogP contribution in [0.2, 0.25) is 0 Å². The first-order valence-corrected chi connectivity index (χ1v) is 11.5. The van der Waals surface area contributed by atoms with E-state index in [2.05, 4.69) is 39.6 Å². The molecule has 1 aromatic heterocycles. The van der Waals surface area contributed by atoms with Crippen LogP contribution < -0.4 is 15.8 Å². The second-order valence-electron chi connectivity index (χ2n) is 8.51. The molecule has 2 aromatic carbocycles. The summed E-state index contributed by atoms with van der Waals surface area (Å²) in [7, 11) is 3.14. The van der Waals surface area contributed by atoms with Gasteiger partial charge in [-0.05, 0) is 60.1 Å². The first-order valence-electron chi connectivity index (χ1n) is 11.5. The van der Waals surface area contributed by atoms with E-state index in [0.717, 1.165) is 53.8 Å². The third-order valence-corrected chi connectivity index (χ3v) is 6.20. The highest BCUT2D eigenvalue weighted by atomic mass is 19.1. The van der Waals surface area contributed by atoms with E-state index in [1.54, 1.807) is 25.4 Å². The molecule has 1 fully saturated rings. The summed E-state index contributed by atoms with van der Waals surface area (Å²) in [6, 6.07) is 13.7. The summed E-state index contributed by atoms with van der Waals surface area (Å²) in [6.45, 7) is 1.56. The molecular formula is C27H31FN4O2. The molecule has 0 amide bonds. The largest absolute Gasteiger partial charge is 0.494 e. The number of nitrogens with one attached hydrogen (secondary N) is 1. The highest BCUT2D eigenvalue weighted by molar-refractivity contribution is 5.84.